The number of nitrogens with one attached hydrogen (secondary N) is 3. The van der Waals surface area contributed by atoms with Gasteiger partial charge in [0.2, 0.25) is 0 Å². The van der Waals surface area contributed by atoms with Crippen LogP contribution in [0.15, 0.2) is 40.1 Å². The maximum absolute atomic E-state index is 12.6. The number of hydrogen-bond donors (Lipinski definition) is 4. The normalized spacial score (nSPS) is 15.1. The molecular weight excluding hydrogens is 344 g/mol. The summed E-state index contributed by atoms with van der Waals surface area (Å²) in [5.74, 6) is -0.106. The number of rotatable bonds is 3. The minimum absolute atomic E-state index is 0.0533. The van der Waals surface area contributed by atoms with E-state index in [1.807, 2.05) is 18.2 Å². The lowest BCUT2D eigenvalue weighted by Gasteiger charge is -2.20. The molecule has 0 atom stereocenters. The van der Waals surface area contributed by atoms with Gasteiger partial charge in [0.05, 0.1) is 4.60 Å². The maximum atomic E-state index is 12.6. The molecule has 6 heteroatoms. The van der Waals surface area contributed by atoms with Crippen LogP contribution in [0.5, 0.6) is 0 Å². The standard InChI is InChI=1S/C16H17BrN4O/c17-14-8-11-9(5-3-7-13(11)20-14)16(22)21-12-6-2-1-4-10(12)15(18)19/h3,5,7-8,20H,1-2,4,6H2,(H3,18,19)(H,21,22). The van der Waals surface area contributed by atoms with Gasteiger partial charge in [0.1, 0.15) is 5.84 Å². The van der Waals surface area contributed by atoms with Crippen molar-refractivity contribution in [1.29, 1.82) is 5.41 Å². The molecule has 1 aromatic heterocycles. The van der Waals surface area contributed by atoms with Crippen molar-refractivity contribution in [2.75, 3.05) is 0 Å². The van der Waals surface area contributed by atoms with Crippen LogP contribution in [0.4, 0.5) is 0 Å². The van der Waals surface area contributed by atoms with Crippen molar-refractivity contribution in [3.63, 3.8) is 0 Å². The van der Waals surface area contributed by atoms with Crippen molar-refractivity contribution >= 4 is 38.6 Å². The first-order chi connectivity index (χ1) is 10.6. The van der Waals surface area contributed by atoms with E-state index in [-0.39, 0.29) is 11.7 Å². The van der Waals surface area contributed by atoms with Gasteiger partial charge in [-0.25, -0.2) is 0 Å². The van der Waals surface area contributed by atoms with Crippen molar-refractivity contribution in [1.82, 2.24) is 10.3 Å². The summed E-state index contributed by atoms with van der Waals surface area (Å²) in [4.78, 5) is 15.8. The van der Waals surface area contributed by atoms with Crippen LogP contribution in [0.2, 0.25) is 0 Å². The van der Waals surface area contributed by atoms with E-state index >= 15 is 0 Å². The molecule has 0 saturated carbocycles. The number of aromatic amines is 1. The smallest absolute Gasteiger partial charge is 0.256 e. The molecule has 0 radical (unpaired) electrons. The molecule has 0 bridgehead atoms. The van der Waals surface area contributed by atoms with Gasteiger partial charge in [0.15, 0.2) is 0 Å². The Kier molecular flexibility index (Phi) is 4.02. The summed E-state index contributed by atoms with van der Waals surface area (Å²) in [6, 6.07) is 7.47. The van der Waals surface area contributed by atoms with E-state index in [2.05, 4.69) is 26.2 Å². The first-order valence-corrected chi connectivity index (χ1v) is 8.00. The number of hydrogen-bond acceptors (Lipinski definition) is 2. The zero-order valence-corrected chi connectivity index (χ0v) is 13.6. The van der Waals surface area contributed by atoms with Crippen LogP contribution in [0.3, 0.4) is 0 Å². The van der Waals surface area contributed by atoms with Crippen molar-refractivity contribution in [2.24, 2.45) is 5.73 Å². The summed E-state index contributed by atoms with van der Waals surface area (Å²) < 4.78 is 0.837. The highest BCUT2D eigenvalue weighted by Crippen LogP contribution is 2.25. The molecule has 1 aromatic carbocycles. The molecule has 0 spiro atoms. The second-order valence-corrected chi connectivity index (χ2v) is 6.27. The second kappa shape index (κ2) is 5.96. The molecule has 1 heterocycles. The third kappa shape index (κ3) is 2.78. The van der Waals surface area contributed by atoms with Gasteiger partial charge in [0.25, 0.3) is 5.91 Å². The van der Waals surface area contributed by atoms with Crippen LogP contribution >= 0.6 is 15.9 Å². The fourth-order valence-electron chi connectivity index (χ4n) is 2.86. The first-order valence-electron chi connectivity index (χ1n) is 7.21. The third-order valence-electron chi connectivity index (χ3n) is 3.93. The molecule has 1 aliphatic rings. The molecular formula is C16H17BrN4O. The van der Waals surface area contributed by atoms with Crippen molar-refractivity contribution in [3.8, 4) is 0 Å². The van der Waals surface area contributed by atoms with Gasteiger partial charge < -0.3 is 16.0 Å². The Balaban J connectivity index is 1.95. The number of amides is 1. The number of carbonyl (C=O) groups excluding carboxylic acids is 1. The van der Waals surface area contributed by atoms with Gasteiger partial charge in [-0.2, -0.15) is 0 Å². The van der Waals surface area contributed by atoms with Gasteiger partial charge in [-0.15, -0.1) is 0 Å². The third-order valence-corrected chi connectivity index (χ3v) is 4.36. The average Bonchev–Trinajstić information content (AvgIpc) is 2.87. The fourth-order valence-corrected chi connectivity index (χ4v) is 3.31. The van der Waals surface area contributed by atoms with Crippen LogP contribution in [0.1, 0.15) is 36.0 Å². The summed E-state index contributed by atoms with van der Waals surface area (Å²) in [6.45, 7) is 0. The number of allylic oxidation sites excluding steroid dienone is 1. The van der Waals surface area contributed by atoms with Crippen molar-refractivity contribution < 1.29 is 4.79 Å². The topological polar surface area (TPSA) is 94.8 Å². The lowest BCUT2D eigenvalue weighted by Crippen LogP contribution is -2.29. The highest BCUT2D eigenvalue weighted by Gasteiger charge is 2.19. The summed E-state index contributed by atoms with van der Waals surface area (Å²) in [6.07, 6.45) is 3.53. The largest absolute Gasteiger partial charge is 0.384 e. The summed E-state index contributed by atoms with van der Waals surface area (Å²) in [5, 5.41) is 11.5. The molecule has 5 nitrogen and oxygen atoms in total. The minimum atomic E-state index is -0.159. The predicted molar refractivity (Wildman–Crippen MR) is 90.9 cm³/mol. The Morgan fingerprint density at radius 2 is 2.09 bits per heavy atom. The number of nitrogens with two attached hydrogens (primary N) is 1. The van der Waals surface area contributed by atoms with Gasteiger partial charge in [-0.1, -0.05) is 6.07 Å². The summed E-state index contributed by atoms with van der Waals surface area (Å²) in [5.41, 5.74) is 8.70. The van der Waals surface area contributed by atoms with Crippen molar-refractivity contribution in [2.45, 2.75) is 25.7 Å². The fraction of sp³-hybridized carbons (Fsp3) is 0.250. The lowest BCUT2D eigenvalue weighted by molar-refractivity contribution is 0.0965. The first kappa shape index (κ1) is 14.8. The Morgan fingerprint density at radius 3 is 2.86 bits per heavy atom. The van der Waals surface area contributed by atoms with E-state index in [4.69, 9.17) is 11.1 Å². The zero-order chi connectivity index (χ0) is 15.7. The monoisotopic (exact) mass is 360 g/mol. The highest BCUT2D eigenvalue weighted by atomic mass is 79.9. The molecule has 0 saturated heterocycles. The molecule has 2 aromatic rings. The van der Waals surface area contributed by atoms with E-state index in [1.165, 1.54) is 0 Å². The van der Waals surface area contributed by atoms with Crippen molar-refractivity contribution in [3.05, 3.63) is 45.7 Å². The molecule has 0 aliphatic heterocycles. The molecule has 0 unspecified atom stereocenters. The summed E-state index contributed by atoms with van der Waals surface area (Å²) in [7, 11) is 0. The predicted octanol–water partition coefficient (Wildman–Crippen LogP) is 3.42. The number of benzene rings is 1. The number of amidine groups is 1. The maximum Gasteiger partial charge on any atom is 0.256 e. The lowest BCUT2D eigenvalue weighted by atomic mass is 9.95. The Labute approximate surface area is 136 Å². The zero-order valence-electron chi connectivity index (χ0n) is 12.0. The van der Waals surface area contributed by atoms with E-state index in [0.29, 0.717) is 5.56 Å². The molecule has 22 heavy (non-hydrogen) atoms. The van der Waals surface area contributed by atoms with Crippen LogP contribution in [0.25, 0.3) is 10.9 Å². The highest BCUT2D eigenvalue weighted by molar-refractivity contribution is 9.10. The van der Waals surface area contributed by atoms with Gasteiger partial charge >= 0.3 is 0 Å². The molecule has 1 aliphatic carbocycles. The summed E-state index contributed by atoms with van der Waals surface area (Å²) >= 11 is 3.39. The van der Waals surface area contributed by atoms with Gasteiger partial charge in [0, 0.05) is 27.7 Å². The number of fused-ring (bicyclic) bond motifs is 1. The van der Waals surface area contributed by atoms with E-state index in [0.717, 1.165) is 52.5 Å². The van der Waals surface area contributed by atoms with E-state index in [9.17, 15) is 4.79 Å². The Bertz CT molecular complexity index is 791. The number of halogens is 1. The SMILES string of the molecule is N=C(N)C1=C(NC(=O)c2cccc3[nH]c(Br)cc23)CCCC1. The average molecular weight is 361 g/mol. The Hall–Kier alpha value is -2.08. The molecule has 114 valence electrons. The Morgan fingerprint density at radius 1 is 1.32 bits per heavy atom. The second-order valence-electron chi connectivity index (χ2n) is 5.42. The van der Waals surface area contributed by atoms with E-state index < -0.39 is 0 Å². The van der Waals surface area contributed by atoms with Crippen LogP contribution < -0.4 is 11.1 Å². The van der Waals surface area contributed by atoms with Gasteiger partial charge in [-0.05, 0) is 59.8 Å². The van der Waals surface area contributed by atoms with Crippen LogP contribution in [-0.4, -0.2) is 16.7 Å². The van der Waals surface area contributed by atoms with E-state index in [1.54, 1.807) is 6.07 Å². The minimum Gasteiger partial charge on any atom is -0.384 e. The van der Waals surface area contributed by atoms with Gasteiger partial charge in [-0.3, -0.25) is 10.2 Å². The number of H-pyrrole nitrogens is 1. The molecule has 3 rings (SSSR count). The molecule has 1 amide bonds. The van der Waals surface area contributed by atoms with Crippen LogP contribution in [0, 0.1) is 5.41 Å². The molecule has 0 fully saturated rings. The number of carbonyl (C=O) groups is 1. The van der Waals surface area contributed by atoms with Crippen LogP contribution in [-0.2, 0) is 0 Å². The molecule has 5 N–H and O–H groups in total. The quantitative estimate of drug-likeness (QED) is 0.498. The number of aromatic nitrogens is 1.